The van der Waals surface area contributed by atoms with E-state index in [9.17, 15) is 4.79 Å². The second-order valence-electron chi connectivity index (χ2n) is 7.18. The van der Waals surface area contributed by atoms with Crippen LogP contribution in [0.4, 0.5) is 0 Å². The maximum absolute atomic E-state index is 12.1. The summed E-state index contributed by atoms with van der Waals surface area (Å²) in [7, 11) is 0. The van der Waals surface area contributed by atoms with Crippen molar-refractivity contribution in [2.45, 2.75) is 31.8 Å². The number of thiocarbonyl (C=S) groups is 1. The molecule has 4 nitrogen and oxygen atoms in total. The highest BCUT2D eigenvalue weighted by Gasteiger charge is 2.35. The van der Waals surface area contributed by atoms with E-state index in [1.165, 1.54) is 5.56 Å². The van der Waals surface area contributed by atoms with E-state index in [1.54, 1.807) is 6.07 Å². The average molecular weight is 353 g/mol. The maximum Gasteiger partial charge on any atom is 0.250 e. The second kappa shape index (κ2) is 6.64. The van der Waals surface area contributed by atoms with Crippen molar-refractivity contribution in [3.05, 3.63) is 70.1 Å². The zero-order valence-electron chi connectivity index (χ0n) is 14.4. The molecular weight excluding hydrogens is 330 g/mol. The molecule has 2 aliphatic rings. The van der Waals surface area contributed by atoms with Gasteiger partial charge < -0.3 is 14.8 Å². The van der Waals surface area contributed by atoms with Crippen LogP contribution in [0.25, 0.3) is 0 Å². The van der Waals surface area contributed by atoms with Gasteiger partial charge in [-0.2, -0.15) is 0 Å². The number of nitrogens with one attached hydrogen (secondary N) is 1. The lowest BCUT2D eigenvalue weighted by atomic mass is 9.83. The summed E-state index contributed by atoms with van der Waals surface area (Å²) in [6.07, 6.45) is 1.15. The largest absolute Gasteiger partial charge is 0.356 e. The highest BCUT2D eigenvalue weighted by molar-refractivity contribution is 7.80. The molecule has 3 heterocycles. The van der Waals surface area contributed by atoms with E-state index in [1.807, 2.05) is 16.7 Å². The number of likely N-dealkylation sites (tertiary alicyclic amines) is 1. The SMILES string of the molecule is CC(NC(=S)N1C[C@@H]2C[C@H](C1)c1cccc(=O)n1C2)c1ccccc1. The Balaban J connectivity index is 1.48. The third kappa shape index (κ3) is 3.21. The van der Waals surface area contributed by atoms with Gasteiger partial charge in [0.1, 0.15) is 0 Å². The van der Waals surface area contributed by atoms with Crippen LogP contribution in [0, 0.1) is 5.92 Å². The van der Waals surface area contributed by atoms with Gasteiger partial charge in [-0.15, -0.1) is 0 Å². The van der Waals surface area contributed by atoms with Crippen molar-refractivity contribution < 1.29 is 0 Å². The highest BCUT2D eigenvalue weighted by Crippen LogP contribution is 2.35. The number of piperidine rings is 1. The lowest BCUT2D eigenvalue weighted by Crippen LogP contribution is -2.52. The molecule has 3 atom stereocenters. The molecule has 25 heavy (non-hydrogen) atoms. The summed E-state index contributed by atoms with van der Waals surface area (Å²) in [4.78, 5) is 14.4. The highest BCUT2D eigenvalue weighted by atomic mass is 32.1. The van der Waals surface area contributed by atoms with Gasteiger partial charge in [0.15, 0.2) is 5.11 Å². The molecule has 1 saturated heterocycles. The first-order chi connectivity index (χ1) is 12.1. The number of aromatic nitrogens is 1. The summed E-state index contributed by atoms with van der Waals surface area (Å²) < 4.78 is 1.96. The Bertz CT molecular complexity index is 832. The quantitative estimate of drug-likeness (QED) is 0.843. The smallest absolute Gasteiger partial charge is 0.250 e. The van der Waals surface area contributed by atoms with Gasteiger partial charge in [-0.3, -0.25) is 4.79 Å². The number of nitrogens with zero attached hydrogens (tertiary/aromatic N) is 2. The van der Waals surface area contributed by atoms with Crippen LogP contribution in [0.3, 0.4) is 0 Å². The molecule has 1 aromatic heterocycles. The Morgan fingerprint density at radius 2 is 1.92 bits per heavy atom. The maximum atomic E-state index is 12.1. The first-order valence-electron chi connectivity index (χ1n) is 8.92. The predicted octanol–water partition coefficient (Wildman–Crippen LogP) is 2.90. The van der Waals surface area contributed by atoms with Gasteiger partial charge in [0, 0.05) is 37.3 Å². The van der Waals surface area contributed by atoms with Gasteiger partial charge in [0.05, 0.1) is 6.04 Å². The minimum Gasteiger partial charge on any atom is -0.356 e. The number of pyridine rings is 1. The second-order valence-corrected chi connectivity index (χ2v) is 7.57. The molecule has 1 unspecified atom stereocenters. The molecule has 1 fully saturated rings. The first kappa shape index (κ1) is 16.3. The molecule has 0 aliphatic carbocycles. The van der Waals surface area contributed by atoms with Crippen molar-refractivity contribution in [3.8, 4) is 0 Å². The summed E-state index contributed by atoms with van der Waals surface area (Å²) in [5.74, 6) is 0.867. The van der Waals surface area contributed by atoms with Crippen LogP contribution in [0.15, 0.2) is 53.3 Å². The van der Waals surface area contributed by atoms with Crippen molar-refractivity contribution in [1.29, 1.82) is 0 Å². The Kier molecular flexibility index (Phi) is 4.34. The summed E-state index contributed by atoms with van der Waals surface area (Å²) in [5.41, 5.74) is 2.52. The number of benzene rings is 1. The Hall–Kier alpha value is -2.14. The van der Waals surface area contributed by atoms with Gasteiger partial charge in [-0.1, -0.05) is 36.4 Å². The molecule has 130 valence electrons. The molecule has 0 amide bonds. The topological polar surface area (TPSA) is 37.3 Å². The van der Waals surface area contributed by atoms with Crippen LogP contribution in [0.1, 0.15) is 36.6 Å². The van der Waals surface area contributed by atoms with Crippen LogP contribution in [-0.2, 0) is 6.54 Å². The molecule has 4 rings (SSSR count). The molecule has 2 aliphatic heterocycles. The number of fused-ring (bicyclic) bond motifs is 4. The number of rotatable bonds is 2. The van der Waals surface area contributed by atoms with Gasteiger partial charge in [-0.05, 0) is 43.1 Å². The molecule has 2 bridgehead atoms. The van der Waals surface area contributed by atoms with E-state index in [4.69, 9.17) is 12.2 Å². The van der Waals surface area contributed by atoms with E-state index in [2.05, 4.69) is 47.5 Å². The summed E-state index contributed by atoms with van der Waals surface area (Å²) in [5, 5.41) is 4.30. The predicted molar refractivity (Wildman–Crippen MR) is 104 cm³/mol. The zero-order chi connectivity index (χ0) is 17.4. The average Bonchev–Trinajstić information content (AvgIpc) is 2.63. The zero-order valence-corrected chi connectivity index (χ0v) is 15.2. The standard InChI is InChI=1S/C20H23N3OS/c1-14(16-6-3-2-4-7-16)21-20(25)22-11-15-10-17(13-22)18-8-5-9-19(24)23(18)12-15/h2-9,14-15,17H,10-13H2,1H3,(H,21,25)/t14?,15-,17+/m0/s1. The van der Waals surface area contributed by atoms with Gasteiger partial charge in [0.2, 0.25) is 0 Å². The molecular formula is C20H23N3OS. The molecule has 0 saturated carbocycles. The molecule has 5 heteroatoms. The number of hydrogen-bond acceptors (Lipinski definition) is 2. The lowest BCUT2D eigenvalue weighted by molar-refractivity contribution is 0.176. The van der Waals surface area contributed by atoms with Crippen molar-refractivity contribution in [2.24, 2.45) is 5.92 Å². The molecule has 0 radical (unpaired) electrons. The van der Waals surface area contributed by atoms with Gasteiger partial charge >= 0.3 is 0 Å². The fraction of sp³-hybridized carbons (Fsp3) is 0.400. The van der Waals surface area contributed by atoms with Crippen LogP contribution >= 0.6 is 12.2 Å². The third-order valence-corrected chi connectivity index (χ3v) is 5.78. The van der Waals surface area contributed by atoms with E-state index < -0.39 is 0 Å². The van der Waals surface area contributed by atoms with Gasteiger partial charge in [0.25, 0.3) is 5.56 Å². The van der Waals surface area contributed by atoms with Crippen LogP contribution in [-0.4, -0.2) is 27.7 Å². The monoisotopic (exact) mass is 353 g/mol. The Morgan fingerprint density at radius 3 is 2.72 bits per heavy atom. The lowest BCUT2D eigenvalue weighted by Gasteiger charge is -2.44. The van der Waals surface area contributed by atoms with E-state index >= 15 is 0 Å². The minimum absolute atomic E-state index is 0.124. The Morgan fingerprint density at radius 1 is 1.12 bits per heavy atom. The first-order valence-corrected chi connectivity index (χ1v) is 9.33. The van der Waals surface area contributed by atoms with Crippen LogP contribution in [0.2, 0.25) is 0 Å². The fourth-order valence-electron chi connectivity index (χ4n) is 4.16. The summed E-state index contributed by atoms with van der Waals surface area (Å²) >= 11 is 5.70. The molecule has 1 aromatic carbocycles. The van der Waals surface area contributed by atoms with E-state index in [-0.39, 0.29) is 11.6 Å². The van der Waals surface area contributed by atoms with E-state index in [0.717, 1.165) is 36.9 Å². The molecule has 2 aromatic rings. The minimum atomic E-state index is 0.124. The van der Waals surface area contributed by atoms with Crippen LogP contribution < -0.4 is 10.9 Å². The third-order valence-electron chi connectivity index (χ3n) is 5.41. The number of hydrogen-bond donors (Lipinski definition) is 1. The van der Waals surface area contributed by atoms with Crippen molar-refractivity contribution in [2.75, 3.05) is 13.1 Å². The van der Waals surface area contributed by atoms with E-state index in [0.29, 0.717) is 11.8 Å². The van der Waals surface area contributed by atoms with Crippen molar-refractivity contribution in [3.63, 3.8) is 0 Å². The fourth-order valence-corrected chi connectivity index (χ4v) is 4.49. The van der Waals surface area contributed by atoms with Crippen LogP contribution in [0.5, 0.6) is 0 Å². The van der Waals surface area contributed by atoms with Crippen molar-refractivity contribution in [1.82, 2.24) is 14.8 Å². The molecule has 1 N–H and O–H groups in total. The van der Waals surface area contributed by atoms with Crippen molar-refractivity contribution >= 4 is 17.3 Å². The normalized spacial score (nSPS) is 22.8. The molecule has 0 spiro atoms. The summed E-state index contributed by atoms with van der Waals surface area (Å²) in [6.45, 7) is 4.75. The Labute approximate surface area is 153 Å². The van der Waals surface area contributed by atoms with Gasteiger partial charge in [-0.25, -0.2) is 0 Å². The summed E-state index contributed by atoms with van der Waals surface area (Å²) in [6, 6.07) is 16.2.